The van der Waals surface area contributed by atoms with Gasteiger partial charge in [0.05, 0.1) is 12.6 Å². The summed E-state index contributed by atoms with van der Waals surface area (Å²) in [6.07, 6.45) is 6.74. The van der Waals surface area contributed by atoms with Crippen LogP contribution < -0.4 is 4.74 Å². The smallest absolute Gasteiger partial charge is 0.244 e. The fourth-order valence-corrected chi connectivity index (χ4v) is 3.27. The van der Waals surface area contributed by atoms with E-state index in [-0.39, 0.29) is 6.04 Å². The Hall–Kier alpha value is -1.99. The number of methoxy groups -OCH3 is 1. The number of pyridine rings is 1. The van der Waals surface area contributed by atoms with Crippen molar-refractivity contribution in [1.82, 2.24) is 20.0 Å². The van der Waals surface area contributed by atoms with Crippen molar-refractivity contribution in [2.45, 2.75) is 31.7 Å². The van der Waals surface area contributed by atoms with E-state index in [9.17, 15) is 0 Å². The molecule has 1 saturated heterocycles. The number of rotatable bonds is 8. The molecule has 0 unspecified atom stereocenters. The average molecular weight is 344 g/mol. The van der Waals surface area contributed by atoms with Crippen LogP contribution in [-0.4, -0.2) is 53.4 Å². The first-order valence-electron chi connectivity index (χ1n) is 8.99. The largest absolute Gasteiger partial charge is 0.475 e. The number of hydrogen-bond donors (Lipinski definition) is 0. The molecule has 1 atom stereocenters. The maximum Gasteiger partial charge on any atom is 0.244 e. The molecule has 3 heterocycles. The van der Waals surface area contributed by atoms with Gasteiger partial charge in [-0.2, -0.15) is 4.98 Å². The topological polar surface area (TPSA) is 73.5 Å². The van der Waals surface area contributed by atoms with Crippen molar-refractivity contribution in [1.29, 1.82) is 0 Å². The maximum atomic E-state index is 5.57. The zero-order valence-corrected chi connectivity index (χ0v) is 14.6. The minimum absolute atomic E-state index is 0.270. The standard InChI is InChI=1S/C18H24N4O3/c1-23-9-10-24-16-7-6-14(11-19-16)17-20-18(25-21-17)15-3-2-8-22(15)12-13-4-5-13/h6-7,11,13,15H,2-5,8-10,12H2,1H3/t15-/m1/s1. The average Bonchev–Trinajstić information content (AvgIpc) is 3.12. The highest BCUT2D eigenvalue weighted by molar-refractivity contribution is 5.53. The Bertz CT molecular complexity index is 684. The van der Waals surface area contributed by atoms with Gasteiger partial charge in [0.1, 0.15) is 6.61 Å². The zero-order valence-electron chi connectivity index (χ0n) is 14.6. The first-order chi connectivity index (χ1) is 12.3. The lowest BCUT2D eigenvalue weighted by molar-refractivity contribution is 0.144. The molecule has 0 N–H and O–H groups in total. The van der Waals surface area contributed by atoms with Crippen LogP contribution >= 0.6 is 0 Å². The van der Waals surface area contributed by atoms with Gasteiger partial charge in [-0.3, -0.25) is 4.90 Å². The third-order valence-corrected chi connectivity index (χ3v) is 4.81. The van der Waals surface area contributed by atoms with Gasteiger partial charge in [-0.15, -0.1) is 0 Å². The number of aromatic nitrogens is 3. The van der Waals surface area contributed by atoms with Crippen molar-refractivity contribution in [3.8, 4) is 17.3 Å². The van der Waals surface area contributed by atoms with Crippen LogP contribution in [0.15, 0.2) is 22.9 Å². The van der Waals surface area contributed by atoms with E-state index in [1.165, 1.54) is 19.3 Å². The Morgan fingerprint density at radius 3 is 2.92 bits per heavy atom. The first kappa shape index (κ1) is 16.5. The van der Waals surface area contributed by atoms with E-state index in [2.05, 4.69) is 20.0 Å². The second kappa shape index (κ2) is 7.49. The van der Waals surface area contributed by atoms with Crippen LogP contribution in [0.2, 0.25) is 0 Å². The number of ether oxygens (including phenoxy) is 2. The molecule has 4 rings (SSSR count). The van der Waals surface area contributed by atoms with Crippen molar-refractivity contribution in [3.05, 3.63) is 24.2 Å². The monoisotopic (exact) mass is 344 g/mol. The van der Waals surface area contributed by atoms with E-state index >= 15 is 0 Å². The lowest BCUT2D eigenvalue weighted by Gasteiger charge is -2.20. The summed E-state index contributed by atoms with van der Waals surface area (Å²) in [5.41, 5.74) is 0.834. The van der Waals surface area contributed by atoms with Crippen LogP contribution in [-0.2, 0) is 4.74 Å². The highest BCUT2D eigenvalue weighted by atomic mass is 16.5. The predicted molar refractivity (Wildman–Crippen MR) is 91.2 cm³/mol. The van der Waals surface area contributed by atoms with Gasteiger partial charge >= 0.3 is 0 Å². The van der Waals surface area contributed by atoms with Crippen LogP contribution in [0, 0.1) is 5.92 Å². The summed E-state index contributed by atoms with van der Waals surface area (Å²) in [7, 11) is 1.64. The predicted octanol–water partition coefficient (Wildman–Crippen LogP) is 2.70. The van der Waals surface area contributed by atoms with Crippen molar-refractivity contribution >= 4 is 0 Å². The van der Waals surface area contributed by atoms with Gasteiger partial charge in [-0.05, 0) is 44.2 Å². The summed E-state index contributed by atoms with van der Waals surface area (Å²) in [4.78, 5) is 11.4. The molecule has 2 aromatic rings. The Kier molecular flexibility index (Phi) is 4.94. The minimum Gasteiger partial charge on any atom is -0.475 e. The molecule has 2 aromatic heterocycles. The highest BCUT2D eigenvalue weighted by Gasteiger charge is 2.34. The molecule has 1 aliphatic heterocycles. The molecule has 1 aliphatic carbocycles. The van der Waals surface area contributed by atoms with E-state index in [0.29, 0.717) is 24.9 Å². The third kappa shape index (κ3) is 3.99. The van der Waals surface area contributed by atoms with Crippen molar-refractivity contribution < 1.29 is 14.0 Å². The van der Waals surface area contributed by atoms with Crippen LogP contribution in [0.4, 0.5) is 0 Å². The van der Waals surface area contributed by atoms with Gasteiger partial charge in [0, 0.05) is 31.5 Å². The molecule has 0 amide bonds. The normalized spacial score (nSPS) is 20.9. The van der Waals surface area contributed by atoms with Crippen molar-refractivity contribution in [3.63, 3.8) is 0 Å². The maximum absolute atomic E-state index is 5.57. The molecule has 7 heteroatoms. The number of nitrogens with zero attached hydrogens (tertiary/aromatic N) is 4. The van der Waals surface area contributed by atoms with Gasteiger partial charge in [0.2, 0.25) is 17.6 Å². The summed E-state index contributed by atoms with van der Waals surface area (Å²) in [6, 6.07) is 3.99. The lowest BCUT2D eigenvalue weighted by atomic mass is 10.2. The van der Waals surface area contributed by atoms with Gasteiger partial charge in [-0.1, -0.05) is 5.16 Å². The van der Waals surface area contributed by atoms with Gasteiger partial charge in [-0.25, -0.2) is 4.98 Å². The molecular formula is C18H24N4O3. The molecule has 25 heavy (non-hydrogen) atoms. The Morgan fingerprint density at radius 1 is 1.24 bits per heavy atom. The quantitative estimate of drug-likeness (QED) is 0.682. The van der Waals surface area contributed by atoms with Gasteiger partial charge in [0.25, 0.3) is 0 Å². The van der Waals surface area contributed by atoms with Gasteiger partial charge in [0.15, 0.2) is 0 Å². The molecule has 134 valence electrons. The number of likely N-dealkylation sites (tertiary alicyclic amines) is 1. The molecule has 0 radical (unpaired) electrons. The minimum atomic E-state index is 0.270. The third-order valence-electron chi connectivity index (χ3n) is 4.81. The first-order valence-corrected chi connectivity index (χ1v) is 8.99. The SMILES string of the molecule is COCCOc1ccc(-c2noc([C@H]3CCCN3CC3CC3)n2)cn1. The van der Waals surface area contributed by atoms with E-state index < -0.39 is 0 Å². The summed E-state index contributed by atoms with van der Waals surface area (Å²) in [6.45, 7) is 3.31. The fourth-order valence-electron chi connectivity index (χ4n) is 3.27. The molecule has 0 bridgehead atoms. The highest BCUT2D eigenvalue weighted by Crippen LogP contribution is 2.37. The van der Waals surface area contributed by atoms with E-state index in [1.807, 2.05) is 12.1 Å². The van der Waals surface area contributed by atoms with Crippen molar-refractivity contribution in [2.24, 2.45) is 5.92 Å². The molecule has 1 saturated carbocycles. The van der Waals surface area contributed by atoms with Crippen LogP contribution in [0.3, 0.4) is 0 Å². The Morgan fingerprint density at radius 2 is 2.16 bits per heavy atom. The second-order valence-corrected chi connectivity index (χ2v) is 6.78. The van der Waals surface area contributed by atoms with Crippen molar-refractivity contribution in [2.75, 3.05) is 33.4 Å². The molecule has 7 nitrogen and oxygen atoms in total. The van der Waals surface area contributed by atoms with Crippen LogP contribution in [0.1, 0.15) is 37.6 Å². The summed E-state index contributed by atoms with van der Waals surface area (Å²) in [5.74, 6) is 2.76. The van der Waals surface area contributed by atoms with E-state index in [1.54, 1.807) is 13.3 Å². The Labute approximate surface area is 147 Å². The molecule has 0 aromatic carbocycles. The Balaban J connectivity index is 1.41. The zero-order chi connectivity index (χ0) is 17.1. The molecule has 0 spiro atoms. The molecule has 2 aliphatic rings. The van der Waals surface area contributed by atoms with Crippen LogP contribution in [0.5, 0.6) is 5.88 Å². The lowest BCUT2D eigenvalue weighted by Crippen LogP contribution is -2.25. The molecule has 2 fully saturated rings. The second-order valence-electron chi connectivity index (χ2n) is 6.78. The van der Waals surface area contributed by atoms with Gasteiger partial charge < -0.3 is 14.0 Å². The molecular weight excluding hydrogens is 320 g/mol. The number of hydrogen-bond acceptors (Lipinski definition) is 7. The summed E-state index contributed by atoms with van der Waals surface area (Å²) in [5, 5.41) is 4.15. The summed E-state index contributed by atoms with van der Waals surface area (Å²) >= 11 is 0. The fraction of sp³-hybridized carbons (Fsp3) is 0.611. The van der Waals surface area contributed by atoms with E-state index in [0.717, 1.165) is 36.9 Å². The van der Waals surface area contributed by atoms with Crippen LogP contribution in [0.25, 0.3) is 11.4 Å². The summed E-state index contributed by atoms with van der Waals surface area (Å²) < 4.78 is 16.0. The van der Waals surface area contributed by atoms with E-state index in [4.69, 9.17) is 14.0 Å².